The Morgan fingerprint density at radius 1 is 0.694 bits per heavy atom. The zero-order valence-electron chi connectivity index (χ0n) is 21.1. The van der Waals surface area contributed by atoms with E-state index < -0.39 is 48.7 Å². The summed E-state index contributed by atoms with van der Waals surface area (Å²) in [6.45, 7) is 13.5. The predicted octanol–water partition coefficient (Wildman–Crippen LogP) is 5.01. The van der Waals surface area contributed by atoms with E-state index in [9.17, 15) is 19.2 Å². The fraction of sp³-hybridized carbons (Fsp3) is 0.462. The van der Waals surface area contributed by atoms with E-state index >= 15 is 0 Å². The molecule has 0 amide bonds. The lowest BCUT2D eigenvalue weighted by Gasteiger charge is -2.19. The molecule has 4 atom stereocenters. The second kappa shape index (κ2) is 16.0. The van der Waals surface area contributed by atoms with Crippen LogP contribution >= 0.6 is 0 Å². The Morgan fingerprint density at radius 2 is 1.06 bits per heavy atom. The van der Waals surface area contributed by atoms with Gasteiger partial charge in [-0.3, -0.25) is 0 Å². The second-order valence-electron chi connectivity index (χ2n) is 8.04. The minimum atomic E-state index is -0.838. The van der Waals surface area contributed by atoms with E-state index in [4.69, 9.17) is 28.4 Å². The summed E-state index contributed by atoms with van der Waals surface area (Å²) in [7, 11) is 0. The Hall–Kier alpha value is -3.82. The molecule has 0 aromatic heterocycles. The molecule has 1 aromatic carbocycles. The smallest absolute Gasteiger partial charge is 0.459 e. The number of hydrogen-bond acceptors (Lipinski definition) is 10. The Morgan fingerprint density at radius 3 is 1.42 bits per heavy atom. The third-order valence-corrected chi connectivity index (χ3v) is 4.51. The van der Waals surface area contributed by atoms with Crippen LogP contribution in [0.15, 0.2) is 49.6 Å². The summed E-state index contributed by atoms with van der Waals surface area (Å²) in [6.07, 6.45) is -0.604. The zero-order valence-corrected chi connectivity index (χ0v) is 21.1. The van der Waals surface area contributed by atoms with Crippen LogP contribution in [0.4, 0.5) is 9.59 Å². The van der Waals surface area contributed by atoms with Crippen molar-refractivity contribution in [1.82, 2.24) is 0 Å². The van der Waals surface area contributed by atoms with E-state index in [0.29, 0.717) is 0 Å². The van der Waals surface area contributed by atoms with Gasteiger partial charge in [0.2, 0.25) is 0 Å². The number of benzene rings is 1. The SMILES string of the molecule is C=CCOC(=O)O[C@H](C)C[C@@H](C)OC(=O)c1cccc(C(=O)O[C@H](C)C[C@@H](C)OC(=O)OCC=C)c1. The van der Waals surface area contributed by atoms with Crippen molar-refractivity contribution in [3.05, 3.63) is 60.7 Å². The van der Waals surface area contributed by atoms with Gasteiger partial charge >= 0.3 is 24.2 Å². The summed E-state index contributed by atoms with van der Waals surface area (Å²) in [6, 6.07) is 5.91. The third-order valence-electron chi connectivity index (χ3n) is 4.51. The molecule has 0 saturated carbocycles. The van der Waals surface area contributed by atoms with Gasteiger partial charge < -0.3 is 28.4 Å². The van der Waals surface area contributed by atoms with E-state index in [1.54, 1.807) is 27.7 Å². The highest BCUT2D eigenvalue weighted by Gasteiger charge is 2.21. The molecule has 0 aliphatic carbocycles. The monoisotopic (exact) mass is 506 g/mol. The molecule has 0 unspecified atom stereocenters. The summed E-state index contributed by atoms with van der Waals surface area (Å²) in [5.41, 5.74) is 0.314. The largest absolute Gasteiger partial charge is 0.508 e. The summed E-state index contributed by atoms with van der Waals surface area (Å²) in [5, 5.41) is 0. The highest BCUT2D eigenvalue weighted by atomic mass is 16.7. The summed E-state index contributed by atoms with van der Waals surface area (Å²) >= 11 is 0. The molecule has 10 heteroatoms. The van der Waals surface area contributed by atoms with Gasteiger partial charge in [-0.1, -0.05) is 31.4 Å². The van der Waals surface area contributed by atoms with E-state index in [2.05, 4.69) is 13.2 Å². The number of esters is 2. The average molecular weight is 507 g/mol. The molecule has 0 fully saturated rings. The highest BCUT2D eigenvalue weighted by molar-refractivity contribution is 5.95. The van der Waals surface area contributed by atoms with Crippen LogP contribution in [0.5, 0.6) is 0 Å². The number of rotatable bonds is 14. The Kier molecular flexibility index (Phi) is 13.4. The lowest BCUT2D eigenvalue weighted by Crippen LogP contribution is -2.24. The molecular weight excluding hydrogens is 472 g/mol. The zero-order chi connectivity index (χ0) is 27.1. The summed E-state index contributed by atoms with van der Waals surface area (Å²) < 4.78 is 30.4. The molecule has 1 aromatic rings. The van der Waals surface area contributed by atoms with Crippen LogP contribution < -0.4 is 0 Å². The molecule has 0 spiro atoms. The number of hydrogen-bond donors (Lipinski definition) is 0. The van der Waals surface area contributed by atoms with Crippen LogP contribution in [-0.2, 0) is 28.4 Å². The first-order chi connectivity index (χ1) is 17.0. The minimum absolute atomic E-state index is 0.0329. The van der Waals surface area contributed by atoms with E-state index in [1.165, 1.54) is 36.4 Å². The molecule has 198 valence electrons. The lowest BCUT2D eigenvalue weighted by atomic mass is 10.1. The van der Waals surface area contributed by atoms with Gasteiger partial charge in [0.1, 0.15) is 37.6 Å². The van der Waals surface area contributed by atoms with Gasteiger partial charge in [-0.2, -0.15) is 0 Å². The second-order valence-corrected chi connectivity index (χ2v) is 8.04. The van der Waals surface area contributed by atoms with Crippen LogP contribution in [0.1, 0.15) is 61.3 Å². The van der Waals surface area contributed by atoms with Crippen LogP contribution in [0.25, 0.3) is 0 Å². The number of ether oxygens (including phenoxy) is 6. The number of carbonyl (C=O) groups excluding carboxylic acids is 4. The van der Waals surface area contributed by atoms with E-state index in [0.717, 1.165) is 0 Å². The highest BCUT2D eigenvalue weighted by Crippen LogP contribution is 2.15. The molecule has 0 saturated heterocycles. The molecule has 0 N–H and O–H groups in total. The van der Waals surface area contributed by atoms with Crippen LogP contribution in [0.3, 0.4) is 0 Å². The fourth-order valence-corrected chi connectivity index (χ4v) is 3.05. The Labute approximate surface area is 211 Å². The summed E-state index contributed by atoms with van der Waals surface area (Å²) in [4.78, 5) is 48.0. The fourth-order valence-electron chi connectivity index (χ4n) is 3.05. The van der Waals surface area contributed by atoms with Crippen LogP contribution in [-0.4, -0.2) is 61.9 Å². The standard InChI is InChI=1S/C26H34O10/c1-7-12-31-25(29)35-19(5)14-17(3)33-23(27)21-10-9-11-22(16-21)24(28)34-18(4)15-20(6)36-26(30)32-13-8-2/h7-11,16-20H,1-2,12-15H2,3-6H3/t17-,18-,19-,20-/m1/s1. The quantitative estimate of drug-likeness (QED) is 0.193. The first kappa shape index (κ1) is 30.2. The molecule has 0 aliphatic heterocycles. The number of carbonyl (C=O) groups is 4. The van der Waals surface area contributed by atoms with Crippen molar-refractivity contribution in [3.8, 4) is 0 Å². The van der Waals surface area contributed by atoms with E-state index in [-0.39, 0.29) is 37.2 Å². The van der Waals surface area contributed by atoms with Crippen molar-refractivity contribution < 1.29 is 47.6 Å². The van der Waals surface area contributed by atoms with Gasteiger partial charge in [0.05, 0.1) is 11.1 Å². The normalized spacial score (nSPS) is 13.7. The van der Waals surface area contributed by atoms with Gasteiger partial charge in [-0.15, -0.1) is 0 Å². The van der Waals surface area contributed by atoms with Crippen molar-refractivity contribution in [2.24, 2.45) is 0 Å². The Bertz CT molecular complexity index is 840. The van der Waals surface area contributed by atoms with Gasteiger partial charge in [0, 0.05) is 12.8 Å². The van der Waals surface area contributed by atoms with Crippen molar-refractivity contribution in [2.75, 3.05) is 13.2 Å². The van der Waals surface area contributed by atoms with Crippen molar-refractivity contribution in [2.45, 2.75) is 65.0 Å². The maximum absolute atomic E-state index is 12.5. The molecule has 0 aliphatic rings. The van der Waals surface area contributed by atoms with Crippen LogP contribution in [0.2, 0.25) is 0 Å². The van der Waals surface area contributed by atoms with E-state index in [1.807, 2.05) is 0 Å². The van der Waals surface area contributed by atoms with Gasteiger partial charge in [0.15, 0.2) is 0 Å². The van der Waals surface area contributed by atoms with Crippen molar-refractivity contribution >= 4 is 24.2 Å². The topological polar surface area (TPSA) is 124 Å². The molecule has 0 radical (unpaired) electrons. The molecule has 0 bridgehead atoms. The third kappa shape index (κ3) is 12.0. The maximum atomic E-state index is 12.5. The molecule has 1 rings (SSSR count). The first-order valence-electron chi connectivity index (χ1n) is 11.5. The Balaban J connectivity index is 2.58. The minimum Gasteiger partial charge on any atom is -0.459 e. The summed E-state index contributed by atoms with van der Waals surface area (Å²) in [5.74, 6) is -1.29. The maximum Gasteiger partial charge on any atom is 0.508 e. The molecular formula is C26H34O10. The molecule has 0 heterocycles. The lowest BCUT2D eigenvalue weighted by molar-refractivity contribution is 0.00172. The van der Waals surface area contributed by atoms with Gasteiger partial charge in [-0.25, -0.2) is 19.2 Å². The van der Waals surface area contributed by atoms with Gasteiger partial charge in [-0.05, 0) is 45.9 Å². The average Bonchev–Trinajstić information content (AvgIpc) is 2.80. The van der Waals surface area contributed by atoms with Crippen LogP contribution in [0, 0.1) is 0 Å². The molecule has 10 nitrogen and oxygen atoms in total. The van der Waals surface area contributed by atoms with Gasteiger partial charge in [0.25, 0.3) is 0 Å². The van der Waals surface area contributed by atoms with Crippen molar-refractivity contribution in [1.29, 1.82) is 0 Å². The molecule has 36 heavy (non-hydrogen) atoms. The van der Waals surface area contributed by atoms with Crippen molar-refractivity contribution in [3.63, 3.8) is 0 Å². The first-order valence-corrected chi connectivity index (χ1v) is 11.5. The predicted molar refractivity (Wildman–Crippen MR) is 130 cm³/mol.